The highest BCUT2D eigenvalue weighted by molar-refractivity contribution is 7.86. The zero-order valence-electron chi connectivity index (χ0n) is 10.8. The molecule has 102 valence electrons. The molecule has 18 heavy (non-hydrogen) atoms. The Morgan fingerprint density at radius 2 is 2.28 bits per heavy atom. The molecule has 1 aliphatic rings. The molecule has 0 amide bonds. The quantitative estimate of drug-likeness (QED) is 0.755. The number of fused-ring (bicyclic) bond motifs is 1. The van der Waals surface area contributed by atoms with Crippen LogP contribution < -0.4 is 0 Å². The first-order valence-corrected chi connectivity index (χ1v) is 7.03. The van der Waals surface area contributed by atoms with Crippen LogP contribution in [0, 0.1) is 0 Å². The average Bonchev–Trinajstić information content (AvgIpc) is 2.77. The molecule has 1 aromatic heterocycles. The van der Waals surface area contributed by atoms with E-state index in [2.05, 4.69) is 4.98 Å². The molecule has 2 rings (SSSR count). The van der Waals surface area contributed by atoms with Crippen LogP contribution in [-0.4, -0.2) is 60.9 Å². The lowest BCUT2D eigenvalue weighted by Crippen LogP contribution is -2.46. The summed E-state index contributed by atoms with van der Waals surface area (Å²) in [5.74, 6) is 0. The summed E-state index contributed by atoms with van der Waals surface area (Å²) in [6.45, 7) is 1.21. The Morgan fingerprint density at radius 3 is 2.89 bits per heavy atom. The second-order valence-electron chi connectivity index (χ2n) is 4.48. The summed E-state index contributed by atoms with van der Waals surface area (Å²) in [7, 11) is 1.27. The molecular formula is C10H18N4O3S. The molecule has 1 aliphatic heterocycles. The highest BCUT2D eigenvalue weighted by Crippen LogP contribution is 2.23. The Kier molecular flexibility index (Phi) is 3.71. The molecular weight excluding hydrogens is 256 g/mol. The van der Waals surface area contributed by atoms with Gasteiger partial charge in [0, 0.05) is 33.9 Å². The number of hydrogen-bond donors (Lipinski definition) is 0. The van der Waals surface area contributed by atoms with Gasteiger partial charge < -0.3 is 9.30 Å². The highest BCUT2D eigenvalue weighted by Gasteiger charge is 2.33. The molecule has 1 unspecified atom stereocenters. The van der Waals surface area contributed by atoms with Gasteiger partial charge >= 0.3 is 0 Å². The minimum Gasteiger partial charge on any atom is -0.382 e. The van der Waals surface area contributed by atoms with Crippen LogP contribution in [0.5, 0.6) is 0 Å². The number of nitrogens with zero attached hydrogens (tertiary/aromatic N) is 4. The van der Waals surface area contributed by atoms with Crippen molar-refractivity contribution in [2.24, 2.45) is 0 Å². The van der Waals surface area contributed by atoms with Gasteiger partial charge in [0.15, 0.2) is 0 Å². The van der Waals surface area contributed by atoms with Gasteiger partial charge in [-0.25, -0.2) is 4.98 Å². The van der Waals surface area contributed by atoms with E-state index in [1.165, 1.54) is 22.7 Å². The standard InChI is InChI=1S/C10H18N4O3S/c1-12(2)18(15,16)13-5-9-4-11-8-14(9)10(6-13)7-17-3/h4,8,10H,5-7H2,1-3H3. The second-order valence-corrected chi connectivity index (χ2v) is 6.63. The van der Waals surface area contributed by atoms with Crippen molar-refractivity contribution in [3.63, 3.8) is 0 Å². The topological polar surface area (TPSA) is 67.7 Å². The summed E-state index contributed by atoms with van der Waals surface area (Å²) in [6.07, 6.45) is 3.42. The van der Waals surface area contributed by atoms with Crippen LogP contribution in [0.3, 0.4) is 0 Å². The molecule has 0 spiro atoms. The lowest BCUT2D eigenvalue weighted by Gasteiger charge is -2.34. The Morgan fingerprint density at radius 1 is 1.56 bits per heavy atom. The molecule has 0 bridgehead atoms. The maximum absolute atomic E-state index is 12.1. The number of aromatic nitrogens is 2. The molecule has 0 fully saturated rings. The molecule has 1 atom stereocenters. The third-order valence-electron chi connectivity index (χ3n) is 3.04. The summed E-state index contributed by atoms with van der Waals surface area (Å²) in [5.41, 5.74) is 0.883. The van der Waals surface area contributed by atoms with Gasteiger partial charge in [0.05, 0.1) is 31.2 Å². The zero-order valence-corrected chi connectivity index (χ0v) is 11.6. The van der Waals surface area contributed by atoms with Crippen molar-refractivity contribution in [1.82, 2.24) is 18.2 Å². The van der Waals surface area contributed by atoms with Crippen molar-refractivity contribution >= 4 is 10.2 Å². The van der Waals surface area contributed by atoms with Gasteiger partial charge in [-0.05, 0) is 0 Å². The molecule has 0 aromatic carbocycles. The number of ether oxygens (including phenoxy) is 1. The molecule has 1 aromatic rings. The van der Waals surface area contributed by atoms with Crippen LogP contribution in [-0.2, 0) is 21.5 Å². The third kappa shape index (κ3) is 2.28. The van der Waals surface area contributed by atoms with Crippen molar-refractivity contribution in [2.45, 2.75) is 12.6 Å². The first-order valence-electron chi connectivity index (χ1n) is 5.64. The maximum atomic E-state index is 12.1. The van der Waals surface area contributed by atoms with Crippen LogP contribution >= 0.6 is 0 Å². The fourth-order valence-corrected chi connectivity index (χ4v) is 3.20. The van der Waals surface area contributed by atoms with Gasteiger partial charge in [-0.1, -0.05) is 0 Å². The Bertz CT molecular complexity index is 511. The monoisotopic (exact) mass is 274 g/mol. The Labute approximate surface area is 107 Å². The van der Waals surface area contributed by atoms with E-state index in [1.54, 1.807) is 19.6 Å². The molecule has 0 saturated carbocycles. The minimum atomic E-state index is -3.40. The lowest BCUT2D eigenvalue weighted by atomic mass is 10.2. The van der Waals surface area contributed by atoms with Gasteiger partial charge in [0.2, 0.25) is 0 Å². The molecule has 2 heterocycles. The fourth-order valence-electron chi connectivity index (χ4n) is 2.08. The molecule has 8 heteroatoms. The summed E-state index contributed by atoms with van der Waals surface area (Å²) in [5, 5.41) is 0. The van der Waals surface area contributed by atoms with Gasteiger partial charge in [-0.3, -0.25) is 0 Å². The first kappa shape index (κ1) is 13.5. The van der Waals surface area contributed by atoms with Crippen molar-refractivity contribution in [1.29, 1.82) is 0 Å². The second kappa shape index (κ2) is 4.96. The zero-order chi connectivity index (χ0) is 13.3. The number of rotatable bonds is 4. The van der Waals surface area contributed by atoms with Crippen LogP contribution in [0.2, 0.25) is 0 Å². The first-order chi connectivity index (χ1) is 8.46. The largest absolute Gasteiger partial charge is 0.382 e. The Balaban J connectivity index is 2.30. The lowest BCUT2D eigenvalue weighted by molar-refractivity contribution is 0.127. The summed E-state index contributed by atoms with van der Waals surface area (Å²) < 4.78 is 34.1. The van der Waals surface area contributed by atoms with E-state index in [9.17, 15) is 8.42 Å². The third-order valence-corrected chi connectivity index (χ3v) is 4.89. The average molecular weight is 274 g/mol. The fraction of sp³-hybridized carbons (Fsp3) is 0.700. The van der Waals surface area contributed by atoms with Crippen molar-refractivity contribution in [3.05, 3.63) is 18.2 Å². The Hall–Kier alpha value is -0.960. The SMILES string of the molecule is COCC1CN(S(=O)(=O)N(C)C)Cc2cncn21. The van der Waals surface area contributed by atoms with Crippen molar-refractivity contribution in [3.8, 4) is 0 Å². The van der Waals surface area contributed by atoms with Crippen LogP contribution in [0.25, 0.3) is 0 Å². The van der Waals surface area contributed by atoms with Crippen molar-refractivity contribution in [2.75, 3.05) is 34.4 Å². The van der Waals surface area contributed by atoms with Gasteiger partial charge in [-0.15, -0.1) is 0 Å². The number of imidazole rings is 1. The van der Waals surface area contributed by atoms with Gasteiger partial charge in [0.1, 0.15) is 0 Å². The summed E-state index contributed by atoms with van der Waals surface area (Å²) in [4.78, 5) is 4.07. The predicted octanol–water partition coefficient (Wildman–Crippen LogP) is -0.307. The van der Waals surface area contributed by atoms with Gasteiger partial charge in [-0.2, -0.15) is 17.0 Å². The predicted molar refractivity (Wildman–Crippen MR) is 66.2 cm³/mol. The highest BCUT2D eigenvalue weighted by atomic mass is 32.2. The molecule has 0 saturated heterocycles. The van der Waals surface area contributed by atoms with E-state index in [1.807, 2.05) is 4.57 Å². The van der Waals surface area contributed by atoms with Crippen LogP contribution in [0.4, 0.5) is 0 Å². The van der Waals surface area contributed by atoms with E-state index in [0.29, 0.717) is 19.7 Å². The number of hydrogen-bond acceptors (Lipinski definition) is 4. The summed E-state index contributed by atoms with van der Waals surface area (Å²) >= 11 is 0. The van der Waals surface area contributed by atoms with E-state index in [0.717, 1.165) is 5.69 Å². The maximum Gasteiger partial charge on any atom is 0.281 e. The molecule has 0 N–H and O–H groups in total. The smallest absolute Gasteiger partial charge is 0.281 e. The van der Waals surface area contributed by atoms with Crippen LogP contribution in [0.15, 0.2) is 12.5 Å². The minimum absolute atomic E-state index is 0.0315. The van der Waals surface area contributed by atoms with Gasteiger partial charge in [0.25, 0.3) is 10.2 Å². The molecule has 0 aliphatic carbocycles. The number of methoxy groups -OCH3 is 1. The van der Waals surface area contributed by atoms with E-state index in [-0.39, 0.29) is 6.04 Å². The molecule has 0 radical (unpaired) electrons. The van der Waals surface area contributed by atoms with E-state index >= 15 is 0 Å². The summed E-state index contributed by atoms with van der Waals surface area (Å²) in [6, 6.07) is -0.0315. The van der Waals surface area contributed by atoms with Crippen LogP contribution in [0.1, 0.15) is 11.7 Å². The van der Waals surface area contributed by atoms with Crippen molar-refractivity contribution < 1.29 is 13.2 Å². The van der Waals surface area contributed by atoms with E-state index in [4.69, 9.17) is 4.74 Å². The molecule has 7 nitrogen and oxygen atoms in total. The normalized spacial score (nSPS) is 21.2. The van der Waals surface area contributed by atoms with E-state index < -0.39 is 10.2 Å².